The number of halogens is 1. The van der Waals surface area contributed by atoms with Gasteiger partial charge in [0.2, 0.25) is 0 Å². The monoisotopic (exact) mass is 337 g/mol. The first-order valence-corrected chi connectivity index (χ1v) is 7.94. The summed E-state index contributed by atoms with van der Waals surface area (Å²) in [7, 11) is 1.52. The highest BCUT2D eigenvalue weighted by atomic mass is 35.5. The molecular formula is C17H20ClNO4. The van der Waals surface area contributed by atoms with Gasteiger partial charge in [0.1, 0.15) is 5.75 Å². The first-order valence-electron chi connectivity index (χ1n) is 7.56. The zero-order valence-electron chi connectivity index (χ0n) is 13.7. The Labute approximate surface area is 140 Å². The van der Waals surface area contributed by atoms with E-state index in [4.69, 9.17) is 21.1 Å². The van der Waals surface area contributed by atoms with E-state index < -0.39 is 16.4 Å². The van der Waals surface area contributed by atoms with Crippen LogP contribution >= 0.6 is 11.6 Å². The standard InChI is InChI=1S/C17H20ClNO4/c1-15(2)16(3)7-8-17(15,23-14(16)21)13(20)19-11-9-10(18)5-6-12(11)22-4/h5-6,9H,7-8H2,1-4H3,(H,19,20)/t16-,17-/m1/s1. The summed E-state index contributed by atoms with van der Waals surface area (Å²) in [6.45, 7) is 5.71. The number of carbonyl (C=O) groups is 2. The molecule has 1 aromatic carbocycles. The van der Waals surface area contributed by atoms with E-state index in [9.17, 15) is 9.59 Å². The molecule has 2 bridgehead atoms. The Balaban J connectivity index is 1.96. The van der Waals surface area contributed by atoms with Crippen molar-refractivity contribution in [1.82, 2.24) is 0 Å². The van der Waals surface area contributed by atoms with Crippen LogP contribution in [0.1, 0.15) is 33.6 Å². The summed E-state index contributed by atoms with van der Waals surface area (Å²) in [5, 5.41) is 3.31. The van der Waals surface area contributed by atoms with Crippen LogP contribution in [0.4, 0.5) is 5.69 Å². The Kier molecular flexibility index (Phi) is 3.41. The normalized spacial score (nSPS) is 30.9. The lowest BCUT2D eigenvalue weighted by molar-refractivity contribution is -0.165. The highest BCUT2D eigenvalue weighted by Gasteiger charge is 2.75. The van der Waals surface area contributed by atoms with Gasteiger partial charge in [-0.3, -0.25) is 9.59 Å². The van der Waals surface area contributed by atoms with E-state index in [-0.39, 0.29) is 11.9 Å². The largest absolute Gasteiger partial charge is 0.495 e. The van der Waals surface area contributed by atoms with Gasteiger partial charge in [-0.05, 0) is 38.0 Å². The van der Waals surface area contributed by atoms with E-state index in [1.807, 2.05) is 20.8 Å². The molecule has 2 atom stereocenters. The lowest BCUT2D eigenvalue weighted by atomic mass is 9.66. The third kappa shape index (κ3) is 1.92. The number of hydrogen-bond donors (Lipinski definition) is 1. The van der Waals surface area contributed by atoms with Crippen LogP contribution in [0, 0.1) is 10.8 Å². The molecule has 1 saturated carbocycles. The number of fused-ring (bicyclic) bond motifs is 2. The van der Waals surface area contributed by atoms with Crippen molar-refractivity contribution < 1.29 is 19.1 Å². The number of methoxy groups -OCH3 is 1. The van der Waals surface area contributed by atoms with Gasteiger partial charge in [-0.2, -0.15) is 0 Å². The van der Waals surface area contributed by atoms with Gasteiger partial charge < -0.3 is 14.8 Å². The van der Waals surface area contributed by atoms with Crippen molar-refractivity contribution in [3.8, 4) is 5.75 Å². The Morgan fingerprint density at radius 2 is 2.00 bits per heavy atom. The number of nitrogens with one attached hydrogen (secondary N) is 1. The van der Waals surface area contributed by atoms with E-state index in [0.29, 0.717) is 29.3 Å². The molecule has 23 heavy (non-hydrogen) atoms. The van der Waals surface area contributed by atoms with E-state index in [1.54, 1.807) is 18.2 Å². The minimum atomic E-state index is -1.16. The summed E-state index contributed by atoms with van der Waals surface area (Å²) in [4.78, 5) is 25.3. The number of amides is 1. The fourth-order valence-electron chi connectivity index (χ4n) is 3.75. The molecule has 1 aromatic rings. The van der Waals surface area contributed by atoms with E-state index in [2.05, 4.69) is 5.32 Å². The van der Waals surface area contributed by atoms with Gasteiger partial charge in [0.05, 0.1) is 18.2 Å². The number of rotatable bonds is 3. The first kappa shape index (κ1) is 16.1. The quantitative estimate of drug-likeness (QED) is 0.858. The van der Waals surface area contributed by atoms with Gasteiger partial charge in [0.25, 0.3) is 5.91 Å². The molecule has 3 rings (SSSR count). The predicted molar refractivity (Wildman–Crippen MR) is 86.6 cm³/mol. The summed E-state index contributed by atoms with van der Waals surface area (Å²) in [5.41, 5.74) is -1.92. The average Bonchev–Trinajstić information content (AvgIpc) is 2.78. The maximum absolute atomic E-state index is 13.0. The van der Waals surface area contributed by atoms with Crippen molar-refractivity contribution in [3.05, 3.63) is 23.2 Å². The number of benzene rings is 1. The number of carbonyl (C=O) groups excluding carboxylic acids is 2. The van der Waals surface area contributed by atoms with Crippen molar-refractivity contribution in [2.24, 2.45) is 10.8 Å². The van der Waals surface area contributed by atoms with Crippen LogP contribution < -0.4 is 10.1 Å². The van der Waals surface area contributed by atoms with Crippen molar-refractivity contribution in [1.29, 1.82) is 0 Å². The smallest absolute Gasteiger partial charge is 0.313 e. The highest BCUT2D eigenvalue weighted by Crippen LogP contribution is 2.65. The predicted octanol–water partition coefficient (Wildman–Crippen LogP) is 3.41. The Hall–Kier alpha value is -1.75. The van der Waals surface area contributed by atoms with Crippen molar-refractivity contribution in [3.63, 3.8) is 0 Å². The third-order valence-corrected chi connectivity index (χ3v) is 6.10. The molecule has 6 heteroatoms. The molecule has 1 N–H and O–H groups in total. The van der Waals surface area contributed by atoms with E-state index in [1.165, 1.54) is 7.11 Å². The lowest BCUT2D eigenvalue weighted by Gasteiger charge is -2.35. The van der Waals surface area contributed by atoms with E-state index in [0.717, 1.165) is 0 Å². The third-order valence-electron chi connectivity index (χ3n) is 5.86. The second-order valence-electron chi connectivity index (χ2n) is 6.97. The molecule has 1 amide bonds. The molecule has 1 aliphatic heterocycles. The van der Waals surface area contributed by atoms with Crippen LogP contribution in [0.2, 0.25) is 5.02 Å². The molecule has 0 unspecified atom stereocenters. The molecule has 0 spiro atoms. The summed E-state index contributed by atoms with van der Waals surface area (Å²) in [5.74, 6) is -0.137. The van der Waals surface area contributed by atoms with Crippen LogP contribution in [0.25, 0.3) is 0 Å². The zero-order chi connectivity index (χ0) is 17.0. The Morgan fingerprint density at radius 1 is 1.30 bits per heavy atom. The fourth-order valence-corrected chi connectivity index (χ4v) is 3.92. The summed E-state index contributed by atoms with van der Waals surface area (Å²) in [6, 6.07) is 4.98. The SMILES string of the molecule is COc1ccc(Cl)cc1NC(=O)[C@@]12CC[C@](C)(C(=O)O1)C2(C)C. The zero-order valence-corrected chi connectivity index (χ0v) is 14.4. The van der Waals surface area contributed by atoms with Gasteiger partial charge in [-0.1, -0.05) is 25.4 Å². The van der Waals surface area contributed by atoms with Crippen LogP contribution in [-0.4, -0.2) is 24.6 Å². The van der Waals surface area contributed by atoms with Gasteiger partial charge in [0, 0.05) is 10.4 Å². The lowest BCUT2D eigenvalue weighted by Crippen LogP contribution is -2.50. The van der Waals surface area contributed by atoms with Gasteiger partial charge in [-0.15, -0.1) is 0 Å². The Morgan fingerprint density at radius 3 is 2.52 bits per heavy atom. The molecule has 0 radical (unpaired) electrons. The minimum absolute atomic E-state index is 0.304. The first-order chi connectivity index (χ1) is 10.7. The molecule has 2 aliphatic rings. The van der Waals surface area contributed by atoms with Crippen LogP contribution in [0.3, 0.4) is 0 Å². The van der Waals surface area contributed by atoms with Crippen LogP contribution in [0.15, 0.2) is 18.2 Å². The molecule has 5 nitrogen and oxygen atoms in total. The van der Waals surface area contributed by atoms with Gasteiger partial charge in [0.15, 0.2) is 5.60 Å². The van der Waals surface area contributed by atoms with Crippen molar-refractivity contribution >= 4 is 29.2 Å². The number of esters is 1. The average molecular weight is 338 g/mol. The molecular weight excluding hydrogens is 318 g/mol. The molecule has 124 valence electrons. The second-order valence-corrected chi connectivity index (χ2v) is 7.41. The van der Waals surface area contributed by atoms with Gasteiger partial charge >= 0.3 is 5.97 Å². The maximum Gasteiger partial charge on any atom is 0.313 e. The number of hydrogen-bond acceptors (Lipinski definition) is 4. The molecule has 0 aromatic heterocycles. The Bertz CT molecular complexity index is 702. The number of anilines is 1. The van der Waals surface area contributed by atoms with E-state index >= 15 is 0 Å². The summed E-state index contributed by atoms with van der Waals surface area (Å²) >= 11 is 6.00. The number of ether oxygens (including phenoxy) is 2. The minimum Gasteiger partial charge on any atom is -0.495 e. The summed E-state index contributed by atoms with van der Waals surface area (Å²) < 4.78 is 10.8. The molecule has 1 heterocycles. The molecule has 2 fully saturated rings. The highest BCUT2D eigenvalue weighted by molar-refractivity contribution is 6.31. The second kappa shape index (κ2) is 4.87. The van der Waals surface area contributed by atoms with Crippen molar-refractivity contribution in [2.45, 2.75) is 39.2 Å². The van der Waals surface area contributed by atoms with Crippen molar-refractivity contribution in [2.75, 3.05) is 12.4 Å². The van der Waals surface area contributed by atoms with Crippen LogP contribution in [-0.2, 0) is 14.3 Å². The topological polar surface area (TPSA) is 64.6 Å². The fraction of sp³-hybridized carbons (Fsp3) is 0.529. The van der Waals surface area contributed by atoms with Crippen LogP contribution in [0.5, 0.6) is 5.75 Å². The van der Waals surface area contributed by atoms with Gasteiger partial charge in [-0.25, -0.2) is 0 Å². The molecule has 1 aliphatic carbocycles. The maximum atomic E-state index is 13.0. The summed E-state index contributed by atoms with van der Waals surface area (Å²) in [6.07, 6.45) is 1.15. The molecule has 1 saturated heterocycles.